The number of halogens is 1. The number of benzene rings is 1. The molecule has 1 aliphatic rings. The lowest BCUT2D eigenvalue weighted by Gasteiger charge is -2.30. The molecule has 0 radical (unpaired) electrons. The number of carbonyl (C=O) groups is 1. The van der Waals surface area contributed by atoms with Gasteiger partial charge >= 0.3 is 0 Å². The van der Waals surface area contributed by atoms with Crippen molar-refractivity contribution in [3.8, 4) is 0 Å². The van der Waals surface area contributed by atoms with Crippen LogP contribution in [0.25, 0.3) is 0 Å². The molecule has 176 valence electrons. The van der Waals surface area contributed by atoms with Gasteiger partial charge in [-0.15, -0.1) is 0 Å². The van der Waals surface area contributed by atoms with E-state index in [4.69, 9.17) is 17.3 Å². The van der Waals surface area contributed by atoms with E-state index >= 15 is 0 Å². The average Bonchev–Trinajstić information content (AvgIpc) is 2.68. The predicted molar refractivity (Wildman–Crippen MR) is 137 cm³/mol. The Morgan fingerprint density at radius 3 is 1.91 bits per heavy atom. The molecule has 0 atom stereocenters. The highest BCUT2D eigenvalue weighted by atomic mass is 35.5. The van der Waals surface area contributed by atoms with E-state index in [0.29, 0.717) is 11.3 Å². The molecule has 0 unspecified atom stereocenters. The molecule has 0 fully saturated rings. The van der Waals surface area contributed by atoms with Crippen molar-refractivity contribution < 1.29 is 13.8 Å². The van der Waals surface area contributed by atoms with E-state index in [1.54, 1.807) is 13.0 Å². The number of hydrogen-bond acceptors (Lipinski definition) is 4. The number of carbonyl (C=O) groups excluding carboxylic acids is 1. The maximum Gasteiger partial charge on any atom is 0.202 e. The van der Waals surface area contributed by atoms with Crippen molar-refractivity contribution in [3.63, 3.8) is 0 Å². The third-order valence-corrected chi connectivity index (χ3v) is 5.78. The summed E-state index contributed by atoms with van der Waals surface area (Å²) >= 11 is 6.08. The lowest BCUT2D eigenvalue weighted by molar-refractivity contribution is -0.870. The minimum absolute atomic E-state index is 0.0426. The Kier molecular flexibility index (Phi) is 8.68. The van der Waals surface area contributed by atoms with E-state index in [1.165, 1.54) is 5.69 Å². The largest absolute Gasteiger partial charge is 0.396 e. The first-order valence-electron chi connectivity index (χ1n) is 11.2. The van der Waals surface area contributed by atoms with Crippen molar-refractivity contribution in [3.05, 3.63) is 46.6 Å². The maximum atomic E-state index is 11.9. The quantitative estimate of drug-likeness (QED) is 0.427. The molecule has 1 aliphatic carbocycles. The number of ketones is 1. The second-order valence-electron chi connectivity index (χ2n) is 10.6. The van der Waals surface area contributed by atoms with Gasteiger partial charge in [0, 0.05) is 37.2 Å². The van der Waals surface area contributed by atoms with Gasteiger partial charge in [0.05, 0.1) is 72.5 Å². The summed E-state index contributed by atoms with van der Waals surface area (Å²) in [5, 5.41) is 0.0426. The van der Waals surface area contributed by atoms with Gasteiger partial charge in [-0.25, -0.2) is 4.99 Å². The zero-order valence-corrected chi connectivity index (χ0v) is 21.5. The van der Waals surface area contributed by atoms with Crippen molar-refractivity contribution in [2.45, 2.75) is 19.8 Å². The molecule has 2 N–H and O–H groups in total. The van der Waals surface area contributed by atoms with Gasteiger partial charge in [-0.2, -0.15) is 0 Å². The molecule has 1 aromatic carbocycles. The zero-order valence-electron chi connectivity index (χ0n) is 20.8. The molecule has 2 rings (SSSR count). The average molecular weight is 462 g/mol. The lowest BCUT2D eigenvalue weighted by atomic mass is 10.0. The molecule has 0 aliphatic heterocycles. The van der Waals surface area contributed by atoms with Gasteiger partial charge < -0.3 is 19.6 Å². The second kappa shape index (κ2) is 10.6. The fraction of sp³-hybridized carbons (Fsp3) is 0.520. The monoisotopic (exact) mass is 461 g/mol. The summed E-state index contributed by atoms with van der Waals surface area (Å²) in [6, 6.07) is 8.22. The summed E-state index contributed by atoms with van der Waals surface area (Å²) in [6.45, 7) is 6.04. The summed E-state index contributed by atoms with van der Waals surface area (Å²) < 4.78 is 1.94. The fourth-order valence-corrected chi connectivity index (χ4v) is 3.81. The lowest BCUT2D eigenvalue weighted by Crippen LogP contribution is -2.39. The zero-order chi connectivity index (χ0) is 24.1. The van der Waals surface area contributed by atoms with Crippen LogP contribution in [-0.4, -0.2) is 88.9 Å². The Morgan fingerprint density at radius 2 is 1.44 bits per heavy atom. The number of anilines is 1. The number of nitrogens with zero attached hydrogens (tertiary/aromatic N) is 4. The topological polar surface area (TPSA) is 58.7 Å². The van der Waals surface area contributed by atoms with Crippen LogP contribution >= 0.6 is 11.6 Å². The van der Waals surface area contributed by atoms with Crippen LogP contribution in [0.3, 0.4) is 0 Å². The summed E-state index contributed by atoms with van der Waals surface area (Å²) in [5.41, 5.74) is 9.31. The number of hydrogen-bond donors (Lipinski definition) is 1. The molecule has 7 heteroatoms. The van der Waals surface area contributed by atoms with Crippen molar-refractivity contribution >= 4 is 34.5 Å². The first kappa shape index (κ1) is 26.1. The number of nitrogens with two attached hydrogens (primary N) is 1. The molecular formula is C25H40ClN5O+2. The van der Waals surface area contributed by atoms with Crippen LogP contribution < -0.4 is 10.6 Å². The standard InChI is InChI=1S/C25H39ClN5O/c1-19-18-22(24(27)23(26)25(19)32)28-20-10-12-21(13-11-20)29(14-8-16-30(2,3)4)15-9-17-31(5,6)7/h10-13,18H,8-9,14-17H2,1-7H3,(H-,27,32)/q+1/p+1/b28-22+. The van der Waals surface area contributed by atoms with Gasteiger partial charge in [-0.05, 0) is 37.3 Å². The molecule has 6 nitrogen and oxygen atoms in total. The molecule has 0 heterocycles. The normalized spacial score (nSPS) is 16.6. The van der Waals surface area contributed by atoms with Crippen LogP contribution in [-0.2, 0) is 4.79 Å². The smallest absolute Gasteiger partial charge is 0.202 e. The molecule has 1 aromatic rings. The van der Waals surface area contributed by atoms with Crippen LogP contribution in [0.4, 0.5) is 11.4 Å². The molecule has 0 spiro atoms. The van der Waals surface area contributed by atoms with Crippen molar-refractivity contribution in [2.24, 2.45) is 10.7 Å². The second-order valence-corrected chi connectivity index (χ2v) is 11.0. The van der Waals surface area contributed by atoms with E-state index in [9.17, 15) is 4.79 Å². The highest BCUT2D eigenvalue weighted by Gasteiger charge is 2.22. The Bertz CT molecular complexity index is 882. The number of quaternary nitrogens is 2. The maximum absolute atomic E-state index is 11.9. The number of Topliss-reactive ketones (excluding diaryl/α,β-unsaturated/α-hetero) is 1. The molecule has 0 saturated heterocycles. The van der Waals surface area contributed by atoms with E-state index in [0.717, 1.165) is 53.7 Å². The third kappa shape index (κ3) is 8.08. The summed E-state index contributed by atoms with van der Waals surface area (Å²) in [5.74, 6) is -0.239. The molecule has 0 aromatic heterocycles. The molecule has 0 bridgehead atoms. The number of aliphatic imine (C=N–C) groups is 1. The van der Waals surface area contributed by atoms with Crippen molar-refractivity contribution in [1.29, 1.82) is 0 Å². The van der Waals surface area contributed by atoms with Crippen LogP contribution in [0, 0.1) is 0 Å². The minimum atomic E-state index is -0.239. The summed E-state index contributed by atoms with van der Waals surface area (Å²) in [7, 11) is 13.4. The first-order valence-corrected chi connectivity index (χ1v) is 11.6. The number of rotatable bonds is 10. The van der Waals surface area contributed by atoms with Crippen molar-refractivity contribution in [2.75, 3.05) is 73.4 Å². The van der Waals surface area contributed by atoms with Crippen LogP contribution in [0.15, 0.2) is 51.6 Å². The Morgan fingerprint density at radius 1 is 0.938 bits per heavy atom. The molecule has 32 heavy (non-hydrogen) atoms. The van der Waals surface area contributed by atoms with E-state index in [1.807, 2.05) is 12.1 Å². The van der Waals surface area contributed by atoms with E-state index in [2.05, 4.69) is 64.3 Å². The van der Waals surface area contributed by atoms with E-state index < -0.39 is 0 Å². The van der Waals surface area contributed by atoms with E-state index in [-0.39, 0.29) is 16.5 Å². The highest BCUT2D eigenvalue weighted by molar-refractivity contribution is 6.49. The molecular weight excluding hydrogens is 422 g/mol. The van der Waals surface area contributed by atoms with Crippen LogP contribution in [0.2, 0.25) is 0 Å². The fourth-order valence-electron chi connectivity index (χ4n) is 3.57. The van der Waals surface area contributed by atoms with Gasteiger partial charge in [0.2, 0.25) is 5.78 Å². The Balaban J connectivity index is 2.17. The summed E-state index contributed by atoms with van der Waals surface area (Å²) in [4.78, 5) is 19.0. The highest BCUT2D eigenvalue weighted by Crippen LogP contribution is 2.25. The third-order valence-electron chi connectivity index (χ3n) is 5.40. The first-order chi connectivity index (χ1) is 14.8. The van der Waals surface area contributed by atoms with Gasteiger partial charge in [0.25, 0.3) is 0 Å². The van der Waals surface area contributed by atoms with Gasteiger partial charge in [-0.1, -0.05) is 11.6 Å². The molecule has 0 amide bonds. The van der Waals surface area contributed by atoms with Crippen LogP contribution in [0.1, 0.15) is 19.8 Å². The Hall–Kier alpha value is -2.15. The van der Waals surface area contributed by atoms with Gasteiger partial charge in [-0.3, -0.25) is 4.79 Å². The molecule has 0 saturated carbocycles. The van der Waals surface area contributed by atoms with Crippen LogP contribution in [0.5, 0.6) is 0 Å². The number of allylic oxidation sites excluding steroid dienone is 3. The van der Waals surface area contributed by atoms with Gasteiger partial charge in [0.1, 0.15) is 5.03 Å². The van der Waals surface area contributed by atoms with Gasteiger partial charge in [0.15, 0.2) is 0 Å². The minimum Gasteiger partial charge on any atom is -0.396 e. The predicted octanol–water partition coefficient (Wildman–Crippen LogP) is 3.70. The Labute approximate surface area is 198 Å². The van der Waals surface area contributed by atoms with Crippen molar-refractivity contribution in [1.82, 2.24) is 0 Å². The SMILES string of the molecule is CC1=C/C(=N\c2ccc(N(CCC[N+](C)(C)C)CCC[N+](C)(C)C)cc2)C(N)=C(Cl)C1=O. The summed E-state index contributed by atoms with van der Waals surface area (Å²) in [6.07, 6.45) is 3.96.